The zero-order chi connectivity index (χ0) is 31.0. The summed E-state index contributed by atoms with van der Waals surface area (Å²) < 4.78 is 32.5. The molecule has 4 aliphatic carbocycles. The molecular formula is C33H36N2O9. The smallest absolute Gasteiger partial charge is 0.343 e. The number of phenols is 1. The van der Waals surface area contributed by atoms with E-state index in [1.807, 2.05) is 33.8 Å². The Balaban J connectivity index is 1.24. The maximum Gasteiger partial charge on any atom is 0.343 e. The molecule has 11 nitrogen and oxygen atoms in total. The lowest BCUT2D eigenvalue weighted by molar-refractivity contribution is -0.162. The van der Waals surface area contributed by atoms with Crippen molar-refractivity contribution in [1.82, 2.24) is 9.82 Å². The van der Waals surface area contributed by atoms with Crippen molar-refractivity contribution in [1.29, 1.82) is 0 Å². The summed E-state index contributed by atoms with van der Waals surface area (Å²) in [7, 11) is 0. The number of aromatic hydroxyl groups is 1. The van der Waals surface area contributed by atoms with E-state index in [4.69, 9.17) is 28.2 Å². The third-order valence-corrected chi connectivity index (χ3v) is 10.3. The summed E-state index contributed by atoms with van der Waals surface area (Å²) in [6.45, 7) is 10.2. The molecule has 2 heterocycles. The highest BCUT2D eigenvalue weighted by atomic mass is 17.3. The van der Waals surface area contributed by atoms with Crippen LogP contribution >= 0.6 is 0 Å². The average molecular weight is 605 g/mol. The number of nitrogens with zero attached hydrogens (tertiary/aromatic N) is 2. The molecule has 2 bridgehead atoms. The molecule has 0 amide bonds. The molecule has 4 aliphatic rings. The molecule has 2 aromatic carbocycles. The van der Waals surface area contributed by atoms with Crippen molar-refractivity contribution >= 4 is 17.5 Å². The molecule has 4 aromatic rings. The minimum Gasteiger partial charge on any atom is -0.508 e. The largest absolute Gasteiger partial charge is 0.508 e. The summed E-state index contributed by atoms with van der Waals surface area (Å²) in [6, 6.07) is 7.10. The molecule has 2 aromatic heterocycles. The summed E-state index contributed by atoms with van der Waals surface area (Å²) in [5, 5.41) is 9.59. The van der Waals surface area contributed by atoms with Gasteiger partial charge in [-0.3, -0.25) is 4.79 Å². The standard InChI is InChI=1S/C33H36N2O9/c1-18-16-24(39-30(37)22-6-8-23(36)9-7-22)28(34-41-42-34)20(3)26(18)27-19(2)17-25(29(21(27)4)35-43-44-35)40-31(38)33-13-10-32(5,11-14-33)12-15-33/h6-9,16-17,21,29,36H,10-15H2,1-5H3/t21?,29-,32?,33?/m1/s1. The zero-order valence-electron chi connectivity index (χ0n) is 25.5. The summed E-state index contributed by atoms with van der Waals surface area (Å²) in [5.41, 5.74) is 5.10. The molecule has 44 heavy (non-hydrogen) atoms. The molecule has 0 aliphatic heterocycles. The number of carbonyl (C=O) groups excluding carboxylic acids is 2. The topological polar surface area (TPSA) is 135 Å². The molecule has 3 saturated carbocycles. The van der Waals surface area contributed by atoms with Crippen LogP contribution < -0.4 is 4.74 Å². The number of aromatic nitrogens is 2. The van der Waals surface area contributed by atoms with Crippen LogP contribution in [0, 0.1) is 30.6 Å². The van der Waals surface area contributed by atoms with Crippen molar-refractivity contribution in [3.05, 3.63) is 70.0 Å². The van der Waals surface area contributed by atoms with Crippen LogP contribution in [0.25, 0.3) is 11.3 Å². The average Bonchev–Trinajstić information content (AvgIpc) is 3.91. The fourth-order valence-electron chi connectivity index (χ4n) is 7.45. The number of fused-ring (bicyclic) bond motifs is 3. The van der Waals surface area contributed by atoms with Gasteiger partial charge in [0.2, 0.25) is 0 Å². The SMILES string of the molecule is CC1=C(c2c(C)cc(OC(=O)c3ccc(O)cc3)c(-n3oo3)c2C)C(C)[C@@H](n2oo2)C(OC(=O)C23CCC(C)(CC2)CC3)=C1. The number of hydrogen-bond donors (Lipinski definition) is 1. The van der Waals surface area contributed by atoms with Crippen molar-refractivity contribution in [3.63, 3.8) is 0 Å². The number of carbonyl (C=O) groups is 2. The van der Waals surface area contributed by atoms with Gasteiger partial charge in [0.15, 0.2) is 17.5 Å². The Bertz CT molecular complexity index is 1750. The van der Waals surface area contributed by atoms with Crippen LogP contribution in [0.5, 0.6) is 11.5 Å². The second kappa shape index (κ2) is 10.0. The number of aryl methyl sites for hydroxylation is 1. The highest BCUT2D eigenvalue weighted by molar-refractivity contribution is 5.92. The van der Waals surface area contributed by atoms with Crippen LogP contribution in [-0.4, -0.2) is 26.9 Å². The third-order valence-electron chi connectivity index (χ3n) is 10.3. The van der Waals surface area contributed by atoms with Crippen LogP contribution in [0.15, 0.2) is 66.5 Å². The van der Waals surface area contributed by atoms with Crippen molar-refractivity contribution in [2.75, 3.05) is 0 Å². The van der Waals surface area contributed by atoms with Crippen LogP contribution in [0.4, 0.5) is 0 Å². The van der Waals surface area contributed by atoms with Gasteiger partial charge in [0.05, 0.1) is 15.9 Å². The molecular weight excluding hydrogens is 568 g/mol. The zero-order valence-corrected chi connectivity index (χ0v) is 25.5. The number of benzene rings is 2. The first-order valence-electron chi connectivity index (χ1n) is 15.1. The first-order valence-corrected chi connectivity index (χ1v) is 15.1. The first-order chi connectivity index (χ1) is 21.0. The molecule has 8 rings (SSSR count). The predicted octanol–water partition coefficient (Wildman–Crippen LogP) is 7.64. The van der Waals surface area contributed by atoms with E-state index in [-0.39, 0.29) is 28.9 Å². The number of esters is 2. The minimum absolute atomic E-state index is 0.0493. The summed E-state index contributed by atoms with van der Waals surface area (Å²) >= 11 is 0. The van der Waals surface area contributed by atoms with E-state index in [1.165, 1.54) is 34.1 Å². The van der Waals surface area contributed by atoms with Gasteiger partial charge in [-0.05, 0) is 129 Å². The third kappa shape index (κ3) is 4.74. The Morgan fingerprint density at radius 2 is 1.57 bits per heavy atom. The van der Waals surface area contributed by atoms with E-state index < -0.39 is 17.4 Å². The van der Waals surface area contributed by atoms with Crippen molar-refractivity contribution in [3.8, 4) is 17.2 Å². The van der Waals surface area contributed by atoms with Gasteiger partial charge < -0.3 is 14.6 Å². The van der Waals surface area contributed by atoms with E-state index in [9.17, 15) is 14.7 Å². The first kappa shape index (κ1) is 28.2. The van der Waals surface area contributed by atoms with Gasteiger partial charge in [0.25, 0.3) is 0 Å². The molecule has 3 fully saturated rings. The lowest BCUT2D eigenvalue weighted by atomic mass is 9.54. The van der Waals surface area contributed by atoms with Gasteiger partial charge in [0, 0.05) is 10.8 Å². The Hall–Kier alpha value is -4.54. The Kier molecular flexibility index (Phi) is 6.42. The molecule has 0 saturated heterocycles. The van der Waals surface area contributed by atoms with Gasteiger partial charge >= 0.3 is 11.9 Å². The number of hydrogen-bond acceptors (Lipinski definition) is 9. The minimum atomic E-state index is -0.591. The van der Waals surface area contributed by atoms with Gasteiger partial charge in [-0.2, -0.15) is 0 Å². The van der Waals surface area contributed by atoms with Crippen LogP contribution in [0.1, 0.15) is 92.4 Å². The molecule has 0 radical (unpaired) electrons. The predicted molar refractivity (Wildman–Crippen MR) is 155 cm³/mol. The quantitative estimate of drug-likeness (QED) is 0.128. The highest BCUT2D eigenvalue weighted by Crippen LogP contribution is 2.58. The maximum atomic E-state index is 13.7. The van der Waals surface area contributed by atoms with E-state index in [0.29, 0.717) is 16.9 Å². The van der Waals surface area contributed by atoms with E-state index in [1.54, 1.807) is 6.07 Å². The number of rotatable bonds is 7. The second-order valence-corrected chi connectivity index (χ2v) is 13.2. The monoisotopic (exact) mass is 604 g/mol. The fourth-order valence-corrected chi connectivity index (χ4v) is 7.45. The molecule has 1 unspecified atom stereocenters. The second-order valence-electron chi connectivity index (χ2n) is 13.2. The molecule has 2 atom stereocenters. The highest BCUT2D eigenvalue weighted by Gasteiger charge is 2.52. The van der Waals surface area contributed by atoms with E-state index in [0.717, 1.165) is 66.4 Å². The van der Waals surface area contributed by atoms with Gasteiger partial charge in [-0.15, -0.1) is 18.7 Å². The van der Waals surface area contributed by atoms with Crippen molar-refractivity contribution in [2.24, 2.45) is 16.7 Å². The van der Waals surface area contributed by atoms with Crippen molar-refractivity contribution < 1.29 is 42.9 Å². The molecule has 232 valence electrons. The Morgan fingerprint density at radius 3 is 2.16 bits per heavy atom. The molecule has 1 N–H and O–H groups in total. The maximum absolute atomic E-state index is 13.7. The van der Waals surface area contributed by atoms with Crippen LogP contribution in [0.2, 0.25) is 0 Å². The Morgan fingerprint density at radius 1 is 0.932 bits per heavy atom. The number of phenolic OH excluding ortho intramolecular Hbond substituents is 1. The van der Waals surface area contributed by atoms with Gasteiger partial charge in [0.1, 0.15) is 11.5 Å². The summed E-state index contributed by atoms with van der Waals surface area (Å²) in [5.74, 6) is -0.154. The number of ether oxygens (including phenoxy) is 2. The van der Waals surface area contributed by atoms with Gasteiger partial charge in [-0.25, -0.2) is 4.79 Å². The van der Waals surface area contributed by atoms with Crippen molar-refractivity contribution in [2.45, 2.75) is 79.2 Å². The fraction of sp³-hybridized carbons (Fsp3) is 0.455. The molecule has 11 heteroatoms. The summed E-state index contributed by atoms with van der Waals surface area (Å²) in [6.07, 6.45) is 7.63. The normalized spacial score (nSPS) is 26.7. The Labute approximate surface area is 253 Å². The van der Waals surface area contributed by atoms with Crippen LogP contribution in [0.3, 0.4) is 0 Å². The van der Waals surface area contributed by atoms with Gasteiger partial charge in [-0.1, -0.05) is 13.8 Å². The summed E-state index contributed by atoms with van der Waals surface area (Å²) in [4.78, 5) is 29.2. The lowest BCUT2D eigenvalue weighted by Gasteiger charge is -2.50. The van der Waals surface area contributed by atoms with E-state index in [2.05, 4.69) is 6.92 Å². The number of allylic oxidation sites excluding steroid dienone is 4. The lowest BCUT2D eigenvalue weighted by Crippen LogP contribution is -2.45. The van der Waals surface area contributed by atoms with Crippen LogP contribution in [-0.2, 0) is 9.53 Å². The molecule has 0 spiro atoms. The van der Waals surface area contributed by atoms with E-state index >= 15 is 0 Å².